The average molecular weight is 1510 g/mol. The second-order valence-electron chi connectivity index (χ2n) is 27.5. The molecule has 0 atom stereocenters. The number of carboxylic acid groups (broad SMARTS) is 1. The van der Waals surface area contributed by atoms with Crippen molar-refractivity contribution in [3.8, 4) is 0 Å². The lowest BCUT2D eigenvalue weighted by Crippen LogP contribution is -2.48. The lowest BCUT2D eigenvalue weighted by atomic mass is 9.86. The average Bonchev–Trinajstić information content (AvgIpc) is 0.868. The van der Waals surface area contributed by atoms with Crippen molar-refractivity contribution in [1.82, 2.24) is 24.7 Å². The van der Waals surface area contributed by atoms with E-state index in [-0.39, 0.29) is 118 Å². The molecule has 31 heteroatoms. The van der Waals surface area contributed by atoms with Crippen LogP contribution in [0.3, 0.4) is 0 Å². The van der Waals surface area contributed by atoms with Gasteiger partial charge in [0.05, 0.1) is 97.3 Å². The van der Waals surface area contributed by atoms with Crippen LogP contribution in [0.5, 0.6) is 0 Å². The van der Waals surface area contributed by atoms with Crippen LogP contribution >= 0.6 is 0 Å². The van der Waals surface area contributed by atoms with E-state index in [0.29, 0.717) is 134 Å². The smallest absolute Gasteiger partial charge is 0.346 e. The molecule has 0 aromatic heterocycles. The van der Waals surface area contributed by atoms with Crippen LogP contribution in [0.25, 0.3) is 32.3 Å². The number of aliphatic hydroxyl groups is 1. The van der Waals surface area contributed by atoms with Gasteiger partial charge in [0, 0.05) is 123 Å². The highest BCUT2D eigenvalue weighted by Gasteiger charge is 2.43. The van der Waals surface area contributed by atoms with Crippen LogP contribution in [-0.2, 0) is 43.0 Å². The molecule has 6 aromatic carbocycles. The fraction of sp³-hybridized carbons (Fsp3) is 0.397. The number of rotatable bonds is 25. The maximum Gasteiger partial charge on any atom is 0.346 e. The molecule has 0 aliphatic carbocycles. The summed E-state index contributed by atoms with van der Waals surface area (Å²) in [5, 5.41) is 18.2. The van der Waals surface area contributed by atoms with Gasteiger partial charge in [-0.15, -0.1) is 5.06 Å². The van der Waals surface area contributed by atoms with Gasteiger partial charge in [0.2, 0.25) is 0 Å². The summed E-state index contributed by atoms with van der Waals surface area (Å²) in [6.07, 6.45) is 5.87. The van der Waals surface area contributed by atoms with Gasteiger partial charge in [-0.05, 0) is 124 Å². The summed E-state index contributed by atoms with van der Waals surface area (Å²) >= 11 is 0. The number of carbonyl (C=O) groups is 17. The van der Waals surface area contributed by atoms with E-state index in [1.54, 1.807) is 36.4 Å². The number of carboxylic acids is 1. The van der Waals surface area contributed by atoms with Crippen LogP contribution < -0.4 is 5.73 Å². The van der Waals surface area contributed by atoms with Gasteiger partial charge < -0.3 is 44.0 Å². The van der Waals surface area contributed by atoms with Gasteiger partial charge in [-0.25, -0.2) is 24.0 Å². The second kappa shape index (κ2) is 36.3. The Hall–Kier alpha value is -11.7. The molecule has 31 nitrogen and oxygen atoms in total. The number of quaternary nitrogens is 2. The van der Waals surface area contributed by atoms with Crippen LogP contribution in [0, 0.1) is 0 Å². The van der Waals surface area contributed by atoms with Crippen LogP contribution in [0.4, 0.5) is 0 Å². The third-order valence-electron chi connectivity index (χ3n) is 18.3. The zero-order chi connectivity index (χ0) is 77.4. The topological polar surface area (TPSA) is 410 Å². The molecule has 0 unspecified atom stereocenters. The van der Waals surface area contributed by atoms with E-state index in [0.717, 1.165) is 37.8 Å². The second-order valence-corrected chi connectivity index (χ2v) is 27.5. The Morgan fingerprint density at radius 1 is 0.404 bits per heavy atom. The third-order valence-corrected chi connectivity index (χ3v) is 18.3. The molecule has 0 spiro atoms. The first-order valence-electron chi connectivity index (χ1n) is 34.3. The molecular formula is C78H92N8O23+2. The molecule has 13 rings (SSSR count). The van der Waals surface area contributed by atoms with E-state index in [4.69, 9.17) is 20.8 Å². The molecule has 1 saturated heterocycles. The summed E-state index contributed by atoms with van der Waals surface area (Å²) in [5.41, 5.74) is 8.17. The predicted molar refractivity (Wildman–Crippen MR) is 394 cm³/mol. The largest absolute Gasteiger partial charge is 0.481 e. The Labute approximate surface area is 628 Å². The molecule has 0 saturated carbocycles. The standard InChI is InChI=1S/C29H31N4O8.C25H27N3O6.C14H4O6.C6H13NO2.CH4O.3CH4/c1-33(2,3)16-15-31-28(39)19-10-8-17-24-18(9-11-20(25(19)24)29(31)40)27(38)30(26(17)37)14-6-4-5-7-23(36)41-32-21(34)12-13-22(32)35;1-28(2,3)14-13-27-24(33)17-10-8-15-20-16(9-11-18(21(17)20)25(27)34)23(32)26(22(15)31)12-6-4-5-7-19(29)30;15-11-5-1-2-6-10-8(14(18)20-12(6)16)4-3-7(9(5)10)13(17)19-11;7-4-2-1-3-5-9-6-8;1-2;;;/h8-11H,4-7,12-16H2,1-3H3;8-11H,4-7,12-14H2,1-3H3;1-4H;6H,1-5,7H2;2H,1H3;3*1H4/q+1;;;;;;;/p+1. The van der Waals surface area contributed by atoms with Gasteiger partial charge in [-0.2, -0.15) is 0 Å². The molecule has 1 fully saturated rings. The Kier molecular flexibility index (Phi) is 28.7. The molecule has 109 heavy (non-hydrogen) atoms. The number of likely N-dealkylation sites (N-methyl/N-ethyl adjacent to an activating group) is 2. The summed E-state index contributed by atoms with van der Waals surface area (Å²) in [4.78, 5) is 218. The summed E-state index contributed by atoms with van der Waals surface area (Å²) in [7, 11) is 12.8. The van der Waals surface area contributed by atoms with E-state index in [9.17, 15) is 81.5 Å². The van der Waals surface area contributed by atoms with Gasteiger partial charge >= 0.3 is 35.8 Å². The summed E-state index contributed by atoms with van der Waals surface area (Å²) in [6.45, 7) is 3.67. The number of aliphatic carboxylic acids is 1. The minimum atomic E-state index is -0.876. The lowest BCUT2D eigenvalue weighted by molar-refractivity contribution is -0.869. The van der Waals surface area contributed by atoms with Crippen molar-refractivity contribution >= 4 is 134 Å². The maximum absolute atomic E-state index is 13.4. The zero-order valence-corrected chi connectivity index (χ0v) is 59.5. The van der Waals surface area contributed by atoms with Crippen molar-refractivity contribution in [2.75, 3.05) is 102 Å². The highest BCUT2D eigenvalue weighted by atomic mass is 16.7. The maximum atomic E-state index is 13.4. The van der Waals surface area contributed by atoms with Gasteiger partial charge in [-0.3, -0.25) is 77.1 Å². The van der Waals surface area contributed by atoms with Crippen molar-refractivity contribution in [1.29, 1.82) is 0 Å². The molecule has 0 radical (unpaired) electrons. The molecule has 4 N–H and O–H groups in total. The first kappa shape index (κ1) is 86.3. The minimum Gasteiger partial charge on any atom is -0.481 e. The fourth-order valence-corrected chi connectivity index (χ4v) is 12.9. The number of ether oxygens (including phenoxy) is 3. The molecule has 7 aliphatic rings. The first-order chi connectivity index (χ1) is 50.4. The number of nitrogens with zero attached hydrogens (tertiary/aromatic N) is 7. The van der Waals surface area contributed by atoms with Crippen molar-refractivity contribution in [3.05, 3.63) is 140 Å². The van der Waals surface area contributed by atoms with Crippen molar-refractivity contribution in [3.63, 3.8) is 0 Å². The molecule has 7 aliphatic heterocycles. The van der Waals surface area contributed by atoms with Gasteiger partial charge in [0.25, 0.3) is 65.5 Å². The number of amides is 10. The zero-order valence-electron chi connectivity index (χ0n) is 59.5. The number of hydrogen-bond acceptors (Lipinski definition) is 23. The number of aliphatic hydroxyl groups excluding tert-OH is 1. The van der Waals surface area contributed by atoms with Crippen molar-refractivity contribution < 1.29 is 120 Å². The fourth-order valence-electron chi connectivity index (χ4n) is 12.9. The minimum absolute atomic E-state index is 0. The first-order valence-corrected chi connectivity index (χ1v) is 34.3. The molecular weight excluding hydrogens is 1420 g/mol. The van der Waals surface area contributed by atoms with E-state index >= 15 is 0 Å². The molecule has 7 heterocycles. The molecule has 0 bridgehead atoms. The van der Waals surface area contributed by atoms with Crippen LogP contribution in [0.1, 0.15) is 230 Å². The van der Waals surface area contributed by atoms with Crippen LogP contribution in [0.15, 0.2) is 72.8 Å². The molecule has 10 amide bonds. The number of cyclic esters (lactones) is 4. The third kappa shape index (κ3) is 18.1. The van der Waals surface area contributed by atoms with Crippen molar-refractivity contribution in [2.24, 2.45) is 5.73 Å². The Balaban J connectivity index is 0.000000245. The number of imide groups is 5. The quantitative estimate of drug-likeness (QED) is 0.00946. The normalized spacial score (nSPS) is 15.0. The summed E-state index contributed by atoms with van der Waals surface area (Å²) in [6, 6.07) is 18.0. The number of unbranched alkanes of at least 4 members (excludes halogenated alkanes) is 6. The number of benzene rings is 6. The number of nitrogens with two attached hydrogens (primary N) is 1. The van der Waals surface area contributed by atoms with E-state index in [1.807, 2.05) is 42.3 Å². The number of carbonyl (C=O) groups excluding carboxylic acids is 16. The van der Waals surface area contributed by atoms with Crippen LogP contribution in [0.2, 0.25) is 0 Å². The number of hydroxylamine groups is 2. The Morgan fingerprint density at radius 3 is 0.945 bits per heavy atom. The lowest BCUT2D eigenvalue weighted by Gasteiger charge is -2.33. The predicted octanol–water partition coefficient (Wildman–Crippen LogP) is 7.55. The SMILES string of the molecule is C.C.C.CO.C[N+](C)(C)CCN1C(=O)c2ccc3c4c(ccc(c24)C1=O)C(=O)N(CCCCCC(=O)O)C3=O.C[N+](C)(C)CCN1C(=O)c2ccc3c4c(ccc(c24)C1=O)C(=O)N(CCCCCC(=O)ON1C(=O)CCC1=O)C3=O.NCCCCCOC=O.O=C1OC(=O)c2ccc3c4c(ccc1c24)C(=O)OC3=O. The summed E-state index contributed by atoms with van der Waals surface area (Å²) in [5.74, 6) is -9.53. The van der Waals surface area contributed by atoms with E-state index in [2.05, 4.69) is 14.2 Å². The van der Waals surface area contributed by atoms with Gasteiger partial charge in [0.1, 0.15) is 0 Å². The number of hydrogen-bond donors (Lipinski definition) is 3. The van der Waals surface area contributed by atoms with E-state index in [1.165, 1.54) is 51.1 Å². The Bertz CT molecular complexity index is 4440. The van der Waals surface area contributed by atoms with E-state index < -0.39 is 94.9 Å². The Morgan fingerprint density at radius 2 is 0.670 bits per heavy atom. The monoisotopic (exact) mass is 1510 g/mol. The molecule has 6 aromatic rings. The molecule has 580 valence electrons. The van der Waals surface area contributed by atoms with Gasteiger partial charge in [-0.1, -0.05) is 35.1 Å². The van der Waals surface area contributed by atoms with Gasteiger partial charge in [0.15, 0.2) is 0 Å². The summed E-state index contributed by atoms with van der Waals surface area (Å²) < 4.78 is 14.8. The highest BCUT2D eigenvalue weighted by Crippen LogP contribution is 2.41. The number of esters is 4. The highest BCUT2D eigenvalue weighted by molar-refractivity contribution is 6.35. The van der Waals surface area contributed by atoms with Crippen LogP contribution in [-0.4, -0.2) is 247 Å². The van der Waals surface area contributed by atoms with Crippen molar-refractivity contribution in [2.45, 2.75) is 106 Å².